The van der Waals surface area contributed by atoms with E-state index in [4.69, 9.17) is 21.4 Å². The molecule has 0 spiro atoms. The van der Waals surface area contributed by atoms with Crippen molar-refractivity contribution in [1.82, 2.24) is 0 Å². The zero-order valence-electron chi connectivity index (χ0n) is 7.35. The Hall–Kier alpha value is -0.0600. The van der Waals surface area contributed by atoms with E-state index in [1.165, 1.54) is 0 Å². The summed E-state index contributed by atoms with van der Waals surface area (Å²) < 4.78 is 5.25. The molecule has 76 valence electrons. The lowest BCUT2D eigenvalue weighted by Crippen LogP contribution is -2.38. The van der Waals surface area contributed by atoms with Gasteiger partial charge in [-0.25, -0.2) is 0 Å². The van der Waals surface area contributed by atoms with E-state index < -0.39 is 17.5 Å². The van der Waals surface area contributed by atoms with E-state index in [0.717, 1.165) is 0 Å². The van der Waals surface area contributed by atoms with Gasteiger partial charge in [0.1, 0.15) is 0 Å². The zero-order chi connectivity index (χ0) is 10.5. The van der Waals surface area contributed by atoms with E-state index in [1.807, 2.05) is 0 Å². The number of aliphatic hydroxyl groups excluding tert-OH is 1. The van der Waals surface area contributed by atoms with Crippen molar-refractivity contribution in [3.63, 3.8) is 0 Å². The molecule has 1 N–H and O–H groups in total. The number of hydrogen-bond donors (Lipinski definition) is 1. The molecule has 0 aliphatic carbocycles. The minimum Gasteiger partial charge on any atom is -0.465 e. The smallest absolute Gasteiger partial charge is 0.329 e. The summed E-state index contributed by atoms with van der Waals surface area (Å²) in [5, 5.41) is 8.94. The number of hydrogen-bond acceptors (Lipinski definition) is 3. The van der Waals surface area contributed by atoms with E-state index in [1.54, 1.807) is 6.92 Å². The first-order chi connectivity index (χ1) is 5.96. The molecule has 0 aromatic carbocycles. The van der Waals surface area contributed by atoms with Gasteiger partial charge in [-0.3, -0.25) is 4.79 Å². The highest BCUT2D eigenvalue weighted by Gasteiger charge is 2.37. The number of halogens is 2. The van der Waals surface area contributed by atoms with Crippen LogP contribution in [0, 0.1) is 0 Å². The van der Waals surface area contributed by atoms with Crippen molar-refractivity contribution in [1.29, 1.82) is 0 Å². The van der Waals surface area contributed by atoms with E-state index in [-0.39, 0.29) is 13.0 Å². The molecular formula is C8H12BrClO3. The highest BCUT2D eigenvalue weighted by molar-refractivity contribution is 9.11. The molecule has 0 fully saturated rings. The number of rotatable bonds is 5. The van der Waals surface area contributed by atoms with Crippen molar-refractivity contribution in [2.24, 2.45) is 0 Å². The van der Waals surface area contributed by atoms with Crippen molar-refractivity contribution in [2.45, 2.75) is 18.2 Å². The molecular weight excluding hydrogens is 259 g/mol. The molecule has 13 heavy (non-hydrogen) atoms. The lowest BCUT2D eigenvalue weighted by molar-refractivity contribution is -0.147. The number of esters is 1. The minimum atomic E-state index is -1.41. The van der Waals surface area contributed by atoms with Crippen molar-refractivity contribution >= 4 is 33.5 Å². The molecule has 1 atom stereocenters. The van der Waals surface area contributed by atoms with Gasteiger partial charge in [-0.15, -0.1) is 11.6 Å². The first kappa shape index (κ1) is 12.9. The average Bonchev–Trinajstić information content (AvgIpc) is 2.03. The van der Waals surface area contributed by atoms with Crippen LogP contribution in [0.3, 0.4) is 0 Å². The second kappa shape index (κ2) is 5.62. The zero-order valence-corrected chi connectivity index (χ0v) is 9.69. The van der Waals surface area contributed by atoms with Crippen molar-refractivity contribution in [3.8, 4) is 0 Å². The summed E-state index contributed by atoms with van der Waals surface area (Å²) in [6, 6.07) is 0. The summed E-state index contributed by atoms with van der Waals surface area (Å²) in [6.45, 7) is 4.98. The van der Waals surface area contributed by atoms with Crippen LogP contribution in [0.15, 0.2) is 11.1 Å². The van der Waals surface area contributed by atoms with Gasteiger partial charge in [0.2, 0.25) is 0 Å². The van der Waals surface area contributed by atoms with Crippen LogP contribution < -0.4 is 0 Å². The largest absolute Gasteiger partial charge is 0.465 e. The Kier molecular flexibility index (Phi) is 5.60. The Bertz CT molecular complexity index is 208. The first-order valence-corrected chi connectivity index (χ1v) is 4.93. The van der Waals surface area contributed by atoms with Gasteiger partial charge in [-0.05, 0) is 11.4 Å². The molecule has 0 amide bonds. The van der Waals surface area contributed by atoms with Gasteiger partial charge < -0.3 is 9.84 Å². The molecule has 0 unspecified atom stereocenters. The number of ether oxygens (including phenoxy) is 1. The summed E-state index contributed by atoms with van der Waals surface area (Å²) in [7, 11) is 0. The average molecular weight is 272 g/mol. The quantitative estimate of drug-likeness (QED) is 0.613. The molecule has 0 bridgehead atoms. The van der Waals surface area contributed by atoms with Crippen LogP contribution in [0.25, 0.3) is 0 Å². The minimum absolute atomic E-state index is 0.143. The Morgan fingerprint density at radius 3 is 2.62 bits per heavy atom. The second-order valence-electron chi connectivity index (χ2n) is 2.54. The van der Waals surface area contributed by atoms with Crippen LogP contribution in [0.5, 0.6) is 0 Å². The third-order valence-electron chi connectivity index (χ3n) is 1.36. The molecule has 5 heteroatoms. The monoisotopic (exact) mass is 270 g/mol. The van der Waals surface area contributed by atoms with Crippen molar-refractivity contribution in [3.05, 3.63) is 11.1 Å². The highest BCUT2D eigenvalue weighted by atomic mass is 79.9. The van der Waals surface area contributed by atoms with Gasteiger partial charge >= 0.3 is 5.97 Å². The van der Waals surface area contributed by atoms with Crippen LogP contribution in [-0.4, -0.2) is 29.2 Å². The van der Waals surface area contributed by atoms with Crippen LogP contribution >= 0.6 is 27.5 Å². The van der Waals surface area contributed by atoms with E-state index in [9.17, 15) is 4.79 Å². The lowest BCUT2D eigenvalue weighted by atomic mass is 10.1. The third-order valence-corrected chi connectivity index (χ3v) is 2.05. The number of allylic oxidation sites excluding steroid dienone is 1. The van der Waals surface area contributed by atoms with Gasteiger partial charge in [0, 0.05) is 6.42 Å². The van der Waals surface area contributed by atoms with Gasteiger partial charge in [0.25, 0.3) is 0 Å². The summed E-state index contributed by atoms with van der Waals surface area (Å²) in [5.74, 6) is -0.625. The second-order valence-corrected chi connectivity index (χ2v) is 4.38. The molecule has 0 aromatic heterocycles. The predicted molar refractivity (Wildman–Crippen MR) is 55.0 cm³/mol. The van der Waals surface area contributed by atoms with Gasteiger partial charge in [0.15, 0.2) is 4.87 Å². The fraction of sp³-hybridized carbons (Fsp3) is 0.625. The molecule has 0 rings (SSSR count). The standard InChI is InChI=1S/C8H12BrClO3/c1-3-13-7(12)8(10,5-11)4-6(2)9/h11H,2-5H2,1H3/t8-/m0/s1. The van der Waals surface area contributed by atoms with E-state index in [0.29, 0.717) is 4.48 Å². The fourth-order valence-electron chi connectivity index (χ4n) is 0.757. The molecule has 0 radical (unpaired) electrons. The van der Waals surface area contributed by atoms with Crippen molar-refractivity contribution in [2.75, 3.05) is 13.2 Å². The Morgan fingerprint density at radius 1 is 1.77 bits per heavy atom. The van der Waals surface area contributed by atoms with Crippen LogP contribution in [0.1, 0.15) is 13.3 Å². The van der Waals surface area contributed by atoms with Crippen LogP contribution in [0.2, 0.25) is 0 Å². The molecule has 0 saturated heterocycles. The number of aliphatic hydroxyl groups is 1. The van der Waals surface area contributed by atoms with Gasteiger partial charge in [0.05, 0.1) is 13.2 Å². The first-order valence-electron chi connectivity index (χ1n) is 3.76. The van der Waals surface area contributed by atoms with Crippen molar-refractivity contribution < 1.29 is 14.6 Å². The number of alkyl halides is 1. The maximum atomic E-state index is 11.3. The molecule has 0 aliphatic heterocycles. The van der Waals surface area contributed by atoms with Gasteiger partial charge in [-0.1, -0.05) is 22.5 Å². The molecule has 0 heterocycles. The van der Waals surface area contributed by atoms with E-state index >= 15 is 0 Å². The lowest BCUT2D eigenvalue weighted by Gasteiger charge is -2.21. The van der Waals surface area contributed by atoms with Crippen LogP contribution in [-0.2, 0) is 9.53 Å². The normalized spacial score (nSPS) is 14.8. The summed E-state index contributed by atoms with van der Waals surface area (Å²) in [5.41, 5.74) is 0. The third kappa shape index (κ3) is 4.11. The number of carbonyl (C=O) groups excluding carboxylic acids is 1. The molecule has 0 aliphatic rings. The van der Waals surface area contributed by atoms with Crippen LogP contribution in [0.4, 0.5) is 0 Å². The topological polar surface area (TPSA) is 46.5 Å². The molecule has 0 saturated carbocycles. The highest BCUT2D eigenvalue weighted by Crippen LogP contribution is 2.27. The van der Waals surface area contributed by atoms with E-state index in [2.05, 4.69) is 22.5 Å². The SMILES string of the molecule is C=C(Br)C[C@](Cl)(CO)C(=O)OCC. The Labute approximate surface area is 90.8 Å². The maximum absolute atomic E-state index is 11.3. The predicted octanol–water partition coefficient (Wildman–Crippen LogP) is 1.82. The molecule has 0 aromatic rings. The summed E-state index contributed by atoms with van der Waals surface area (Å²) in [6.07, 6.45) is 0.143. The fourth-order valence-corrected chi connectivity index (χ4v) is 1.61. The molecule has 3 nitrogen and oxygen atoms in total. The Balaban J connectivity index is 4.42. The summed E-state index contributed by atoms with van der Waals surface area (Å²) >= 11 is 8.91. The number of carbonyl (C=O) groups is 1. The Morgan fingerprint density at radius 2 is 2.31 bits per heavy atom. The van der Waals surface area contributed by atoms with Gasteiger partial charge in [-0.2, -0.15) is 0 Å². The summed E-state index contributed by atoms with van der Waals surface area (Å²) in [4.78, 5) is 9.85. The maximum Gasteiger partial charge on any atom is 0.329 e.